The van der Waals surface area contributed by atoms with Gasteiger partial charge in [-0.2, -0.15) is 0 Å². The number of methoxy groups -OCH3 is 1. The number of nitrogens with zero attached hydrogens (tertiary/aromatic N) is 3. The largest absolute Gasteiger partial charge is 0.496 e. The van der Waals surface area contributed by atoms with Crippen molar-refractivity contribution in [1.29, 1.82) is 0 Å². The standard InChI is InChI=1S/C25H31N3O2/c1-18(2)28(21-8-5-4-6-9-21)25(29)19-11-12-20(24(16-19)30-3)17-27-15-13-22-23(27)10-7-14-26-22/h7,10-16,18,21H,4-6,8-9,17H2,1-3H3. The number of hydrogen-bond acceptors (Lipinski definition) is 3. The van der Waals surface area contributed by atoms with Crippen LogP contribution in [0.15, 0.2) is 48.8 Å². The summed E-state index contributed by atoms with van der Waals surface area (Å²) in [6.45, 7) is 4.90. The Balaban J connectivity index is 1.60. The van der Waals surface area contributed by atoms with Crippen LogP contribution in [0, 0.1) is 0 Å². The highest BCUT2D eigenvalue weighted by atomic mass is 16.5. The third-order valence-corrected chi connectivity index (χ3v) is 6.17. The maximum Gasteiger partial charge on any atom is 0.254 e. The second-order valence-electron chi connectivity index (χ2n) is 8.48. The summed E-state index contributed by atoms with van der Waals surface area (Å²) < 4.78 is 7.84. The minimum Gasteiger partial charge on any atom is -0.496 e. The van der Waals surface area contributed by atoms with Crippen LogP contribution in [0.2, 0.25) is 0 Å². The lowest BCUT2D eigenvalue weighted by molar-refractivity contribution is 0.0555. The highest BCUT2D eigenvalue weighted by Gasteiger charge is 2.28. The van der Waals surface area contributed by atoms with E-state index in [0.29, 0.717) is 18.2 Å². The van der Waals surface area contributed by atoms with E-state index < -0.39 is 0 Å². The molecule has 3 aromatic rings. The van der Waals surface area contributed by atoms with Crippen molar-refractivity contribution in [3.63, 3.8) is 0 Å². The molecule has 1 amide bonds. The fraction of sp³-hybridized carbons (Fsp3) is 0.440. The summed E-state index contributed by atoms with van der Waals surface area (Å²) in [7, 11) is 1.67. The molecule has 5 nitrogen and oxygen atoms in total. The lowest BCUT2D eigenvalue weighted by atomic mass is 9.92. The van der Waals surface area contributed by atoms with Crippen LogP contribution in [0.5, 0.6) is 5.75 Å². The molecule has 2 heterocycles. The molecule has 0 saturated heterocycles. The summed E-state index contributed by atoms with van der Waals surface area (Å²) in [5.74, 6) is 0.858. The molecule has 0 radical (unpaired) electrons. The van der Waals surface area contributed by atoms with Crippen LogP contribution in [0.1, 0.15) is 61.9 Å². The normalized spacial score (nSPS) is 14.9. The molecule has 5 heteroatoms. The van der Waals surface area contributed by atoms with E-state index in [1.807, 2.05) is 36.5 Å². The van der Waals surface area contributed by atoms with Gasteiger partial charge in [-0.3, -0.25) is 9.78 Å². The van der Waals surface area contributed by atoms with Crippen LogP contribution in [-0.2, 0) is 6.54 Å². The number of fused-ring (bicyclic) bond motifs is 1. The van der Waals surface area contributed by atoms with Gasteiger partial charge in [0.15, 0.2) is 0 Å². The number of ether oxygens (including phenoxy) is 1. The fourth-order valence-electron chi connectivity index (χ4n) is 4.68. The topological polar surface area (TPSA) is 47.4 Å². The number of hydrogen-bond donors (Lipinski definition) is 0. The van der Waals surface area contributed by atoms with Crippen LogP contribution in [-0.4, -0.2) is 39.6 Å². The van der Waals surface area contributed by atoms with Crippen molar-refractivity contribution in [3.8, 4) is 5.75 Å². The molecule has 0 unspecified atom stereocenters. The van der Waals surface area contributed by atoms with Gasteiger partial charge in [-0.15, -0.1) is 0 Å². The van der Waals surface area contributed by atoms with Gasteiger partial charge in [0.05, 0.1) is 24.7 Å². The molecule has 1 aliphatic carbocycles. The first kappa shape index (κ1) is 20.5. The van der Waals surface area contributed by atoms with E-state index in [0.717, 1.165) is 35.2 Å². The Morgan fingerprint density at radius 2 is 2.00 bits per heavy atom. The van der Waals surface area contributed by atoms with Gasteiger partial charge in [-0.1, -0.05) is 25.3 Å². The van der Waals surface area contributed by atoms with Crippen molar-refractivity contribution < 1.29 is 9.53 Å². The first-order chi connectivity index (χ1) is 14.6. The molecular weight excluding hydrogens is 374 g/mol. The average molecular weight is 406 g/mol. The number of carbonyl (C=O) groups is 1. The Labute approximate surface area is 178 Å². The fourth-order valence-corrected chi connectivity index (χ4v) is 4.68. The zero-order chi connectivity index (χ0) is 21.1. The van der Waals surface area contributed by atoms with Crippen LogP contribution >= 0.6 is 0 Å². The second-order valence-corrected chi connectivity index (χ2v) is 8.48. The second kappa shape index (κ2) is 8.90. The van der Waals surface area contributed by atoms with Gasteiger partial charge in [0.25, 0.3) is 5.91 Å². The summed E-state index contributed by atoms with van der Waals surface area (Å²) in [5, 5.41) is 0. The molecule has 2 aromatic heterocycles. The van der Waals surface area contributed by atoms with Gasteiger partial charge in [0.1, 0.15) is 5.75 Å². The van der Waals surface area contributed by atoms with E-state index in [9.17, 15) is 4.79 Å². The summed E-state index contributed by atoms with van der Waals surface area (Å²) in [6.07, 6.45) is 9.76. The predicted octanol–water partition coefficient (Wildman–Crippen LogP) is 5.28. The Kier molecular flexibility index (Phi) is 6.07. The number of amides is 1. The van der Waals surface area contributed by atoms with Crippen molar-refractivity contribution >= 4 is 16.9 Å². The number of aromatic nitrogens is 2. The summed E-state index contributed by atoms with van der Waals surface area (Å²) in [4.78, 5) is 19.9. The molecule has 1 fully saturated rings. The maximum absolute atomic E-state index is 13.4. The first-order valence-corrected chi connectivity index (χ1v) is 11.0. The molecular formula is C25H31N3O2. The van der Waals surface area contributed by atoms with Crippen LogP contribution in [0.4, 0.5) is 0 Å². The Hall–Kier alpha value is -2.82. The van der Waals surface area contributed by atoms with Gasteiger partial charge in [0.2, 0.25) is 0 Å². The molecule has 30 heavy (non-hydrogen) atoms. The molecule has 0 aliphatic heterocycles. The highest BCUT2D eigenvalue weighted by molar-refractivity contribution is 5.95. The van der Waals surface area contributed by atoms with Gasteiger partial charge < -0.3 is 14.2 Å². The smallest absolute Gasteiger partial charge is 0.254 e. The van der Waals surface area contributed by atoms with Gasteiger partial charge in [-0.25, -0.2) is 0 Å². The molecule has 0 N–H and O–H groups in total. The van der Waals surface area contributed by atoms with Crippen LogP contribution in [0.3, 0.4) is 0 Å². The van der Waals surface area contributed by atoms with E-state index >= 15 is 0 Å². The molecule has 1 saturated carbocycles. The monoisotopic (exact) mass is 405 g/mol. The molecule has 1 aromatic carbocycles. The van der Waals surface area contributed by atoms with Crippen LogP contribution in [0.25, 0.3) is 11.0 Å². The molecule has 0 spiro atoms. The molecule has 0 bridgehead atoms. The quantitative estimate of drug-likeness (QED) is 0.561. The van der Waals surface area contributed by atoms with Crippen molar-refractivity contribution in [2.75, 3.05) is 7.11 Å². The summed E-state index contributed by atoms with van der Waals surface area (Å²) >= 11 is 0. The van der Waals surface area contributed by atoms with Crippen molar-refractivity contribution in [2.24, 2.45) is 0 Å². The van der Waals surface area contributed by atoms with E-state index in [-0.39, 0.29) is 11.9 Å². The predicted molar refractivity (Wildman–Crippen MR) is 120 cm³/mol. The highest BCUT2D eigenvalue weighted by Crippen LogP contribution is 2.28. The third-order valence-electron chi connectivity index (χ3n) is 6.17. The minimum absolute atomic E-state index is 0.109. The minimum atomic E-state index is 0.109. The van der Waals surface area contributed by atoms with Crippen molar-refractivity contribution in [1.82, 2.24) is 14.5 Å². The van der Waals surface area contributed by atoms with Crippen LogP contribution < -0.4 is 4.74 Å². The number of pyridine rings is 1. The molecule has 1 aliphatic rings. The van der Waals surface area contributed by atoms with E-state index in [1.54, 1.807) is 13.3 Å². The van der Waals surface area contributed by atoms with E-state index in [2.05, 4.69) is 34.4 Å². The van der Waals surface area contributed by atoms with Gasteiger partial charge >= 0.3 is 0 Å². The van der Waals surface area contributed by atoms with Gasteiger partial charge in [-0.05, 0) is 57.0 Å². The van der Waals surface area contributed by atoms with E-state index in [1.165, 1.54) is 19.3 Å². The number of rotatable bonds is 6. The van der Waals surface area contributed by atoms with E-state index in [4.69, 9.17) is 4.74 Å². The Morgan fingerprint density at radius 3 is 2.73 bits per heavy atom. The Bertz CT molecular complexity index is 1020. The zero-order valence-corrected chi connectivity index (χ0v) is 18.2. The van der Waals surface area contributed by atoms with Crippen molar-refractivity contribution in [2.45, 2.75) is 64.6 Å². The average Bonchev–Trinajstić information content (AvgIpc) is 3.17. The lowest BCUT2D eigenvalue weighted by Gasteiger charge is -2.37. The first-order valence-electron chi connectivity index (χ1n) is 11.0. The maximum atomic E-state index is 13.4. The lowest BCUT2D eigenvalue weighted by Crippen LogP contribution is -2.45. The van der Waals surface area contributed by atoms with Crippen molar-refractivity contribution in [3.05, 3.63) is 59.9 Å². The number of carbonyl (C=O) groups excluding carboxylic acids is 1. The zero-order valence-electron chi connectivity index (χ0n) is 18.2. The SMILES string of the molecule is COc1cc(C(=O)N(C(C)C)C2CCCCC2)ccc1Cn1ccc2ncccc21. The van der Waals surface area contributed by atoms with Gasteiger partial charge in [0, 0.05) is 35.6 Å². The third kappa shape index (κ3) is 4.07. The summed E-state index contributed by atoms with van der Waals surface area (Å²) in [5.41, 5.74) is 3.81. The molecule has 0 atom stereocenters. The summed E-state index contributed by atoms with van der Waals surface area (Å²) in [6, 6.07) is 12.4. The number of benzene rings is 1. The Morgan fingerprint density at radius 1 is 1.20 bits per heavy atom. The molecule has 158 valence electrons. The molecule has 4 rings (SSSR count).